The third kappa shape index (κ3) is 4.23. The fraction of sp³-hybridized carbons (Fsp3) is 0.364. The molecule has 12 heteroatoms. The van der Waals surface area contributed by atoms with Crippen molar-refractivity contribution in [3.05, 3.63) is 46.6 Å². The molecule has 176 valence electrons. The summed E-state index contributed by atoms with van der Waals surface area (Å²) in [7, 11) is 0. The molecule has 0 saturated carbocycles. The first kappa shape index (κ1) is 22.0. The number of nitrogens with one attached hydrogen (secondary N) is 1. The standard InChI is InChI=1S/C22H23N7O4S/c1-2-33-20(31)14-6-8-15(9-7-14)24-16(30)12-29-22(32)28-13-23-18-17(19(28)26-29)34-21(25-18)27-10-4-3-5-11-27/h6-9,13H,2-5,10-12H2,1H3,(H,24,30). The minimum atomic E-state index is -0.454. The number of fused-ring (bicyclic) bond motifs is 3. The minimum Gasteiger partial charge on any atom is -0.462 e. The number of carbonyl (C=O) groups excluding carboxylic acids is 2. The van der Waals surface area contributed by atoms with E-state index in [1.807, 2.05) is 0 Å². The predicted molar refractivity (Wildman–Crippen MR) is 128 cm³/mol. The van der Waals surface area contributed by atoms with Gasteiger partial charge >= 0.3 is 11.7 Å². The molecular formula is C22H23N7O4S. The van der Waals surface area contributed by atoms with Crippen LogP contribution in [0.25, 0.3) is 16.0 Å². The van der Waals surface area contributed by atoms with Crippen LogP contribution in [0.5, 0.6) is 0 Å². The Morgan fingerprint density at radius 3 is 2.65 bits per heavy atom. The molecule has 1 aromatic carbocycles. The first-order valence-corrected chi connectivity index (χ1v) is 11.9. The van der Waals surface area contributed by atoms with Crippen LogP contribution in [0.2, 0.25) is 0 Å². The van der Waals surface area contributed by atoms with E-state index in [9.17, 15) is 14.4 Å². The van der Waals surface area contributed by atoms with E-state index in [0.29, 0.717) is 27.2 Å². The molecule has 1 aliphatic rings. The summed E-state index contributed by atoms with van der Waals surface area (Å²) in [6, 6.07) is 6.33. The summed E-state index contributed by atoms with van der Waals surface area (Å²) in [5, 5.41) is 7.98. The first-order chi connectivity index (χ1) is 16.5. The molecule has 0 atom stereocenters. The van der Waals surface area contributed by atoms with E-state index in [1.165, 1.54) is 28.5 Å². The van der Waals surface area contributed by atoms with Gasteiger partial charge in [-0.15, -0.1) is 5.10 Å². The van der Waals surface area contributed by atoms with Crippen LogP contribution >= 0.6 is 11.3 Å². The SMILES string of the molecule is CCOC(=O)c1ccc(NC(=O)Cn2nc3c4sc(N5CCCCC5)nc4ncn3c2=O)cc1. The Bertz CT molecular complexity index is 1420. The van der Waals surface area contributed by atoms with Gasteiger partial charge in [-0.25, -0.2) is 23.7 Å². The van der Waals surface area contributed by atoms with Gasteiger partial charge in [0.25, 0.3) is 0 Å². The van der Waals surface area contributed by atoms with Crippen molar-refractivity contribution in [2.45, 2.75) is 32.7 Å². The lowest BCUT2D eigenvalue weighted by molar-refractivity contribution is -0.117. The van der Waals surface area contributed by atoms with Gasteiger partial charge in [-0.1, -0.05) is 11.3 Å². The quantitative estimate of drug-likeness (QED) is 0.416. The van der Waals surface area contributed by atoms with Crippen molar-refractivity contribution in [3.63, 3.8) is 0 Å². The van der Waals surface area contributed by atoms with Gasteiger partial charge in [-0.3, -0.25) is 4.79 Å². The zero-order chi connectivity index (χ0) is 23.7. The Kier molecular flexibility index (Phi) is 5.97. The Morgan fingerprint density at radius 1 is 1.15 bits per heavy atom. The number of amides is 1. The van der Waals surface area contributed by atoms with Crippen LogP contribution in [-0.4, -0.2) is 55.7 Å². The molecule has 0 aliphatic carbocycles. The second-order valence-electron chi connectivity index (χ2n) is 7.92. The van der Waals surface area contributed by atoms with E-state index in [-0.39, 0.29) is 13.2 Å². The lowest BCUT2D eigenvalue weighted by Gasteiger charge is -2.25. The fourth-order valence-electron chi connectivity index (χ4n) is 3.89. The van der Waals surface area contributed by atoms with E-state index in [4.69, 9.17) is 4.74 Å². The molecule has 34 heavy (non-hydrogen) atoms. The molecule has 11 nitrogen and oxygen atoms in total. The van der Waals surface area contributed by atoms with E-state index in [0.717, 1.165) is 35.7 Å². The van der Waals surface area contributed by atoms with Gasteiger partial charge in [0, 0.05) is 18.8 Å². The normalized spacial score (nSPS) is 14.0. The Balaban J connectivity index is 1.35. The highest BCUT2D eigenvalue weighted by molar-refractivity contribution is 7.22. The van der Waals surface area contributed by atoms with Crippen molar-refractivity contribution in [3.8, 4) is 0 Å². The van der Waals surface area contributed by atoms with Crippen LogP contribution in [0.4, 0.5) is 10.8 Å². The number of carbonyl (C=O) groups is 2. The van der Waals surface area contributed by atoms with Crippen molar-refractivity contribution < 1.29 is 14.3 Å². The number of nitrogens with zero attached hydrogens (tertiary/aromatic N) is 6. The summed E-state index contributed by atoms with van der Waals surface area (Å²) < 4.78 is 8.11. The van der Waals surface area contributed by atoms with Crippen LogP contribution < -0.4 is 15.9 Å². The Labute approximate surface area is 198 Å². The van der Waals surface area contributed by atoms with Gasteiger partial charge in [-0.2, -0.15) is 4.98 Å². The van der Waals surface area contributed by atoms with Crippen molar-refractivity contribution in [2.24, 2.45) is 0 Å². The lowest BCUT2D eigenvalue weighted by atomic mass is 10.1. The van der Waals surface area contributed by atoms with Crippen LogP contribution in [0.15, 0.2) is 35.4 Å². The zero-order valence-corrected chi connectivity index (χ0v) is 19.4. The second kappa shape index (κ2) is 9.21. The number of hydrogen-bond acceptors (Lipinski definition) is 9. The van der Waals surface area contributed by atoms with Crippen LogP contribution in [0.1, 0.15) is 36.5 Å². The van der Waals surface area contributed by atoms with Gasteiger partial charge in [0.2, 0.25) is 5.91 Å². The largest absolute Gasteiger partial charge is 0.462 e. The summed E-state index contributed by atoms with van der Waals surface area (Å²) in [6.45, 7) is 3.67. The molecule has 0 unspecified atom stereocenters. The maximum absolute atomic E-state index is 12.8. The number of hydrogen-bond donors (Lipinski definition) is 1. The van der Waals surface area contributed by atoms with Gasteiger partial charge in [-0.05, 0) is 50.5 Å². The van der Waals surface area contributed by atoms with Crippen LogP contribution in [0, 0.1) is 0 Å². The molecule has 0 radical (unpaired) electrons. The molecule has 5 rings (SSSR count). The third-order valence-electron chi connectivity index (χ3n) is 5.57. The molecule has 3 aromatic heterocycles. The number of aromatic nitrogens is 5. The van der Waals surface area contributed by atoms with E-state index < -0.39 is 17.6 Å². The van der Waals surface area contributed by atoms with Gasteiger partial charge in [0.1, 0.15) is 17.6 Å². The van der Waals surface area contributed by atoms with Gasteiger partial charge in [0.15, 0.2) is 16.4 Å². The summed E-state index contributed by atoms with van der Waals surface area (Å²) in [4.78, 5) is 48.3. The van der Waals surface area contributed by atoms with E-state index >= 15 is 0 Å². The number of esters is 1. The molecule has 0 spiro atoms. The summed E-state index contributed by atoms with van der Waals surface area (Å²) in [5.74, 6) is -0.847. The zero-order valence-electron chi connectivity index (χ0n) is 18.6. The highest BCUT2D eigenvalue weighted by Crippen LogP contribution is 2.31. The number of ether oxygens (including phenoxy) is 1. The number of thiazole rings is 1. The molecule has 1 saturated heterocycles. The summed E-state index contributed by atoms with van der Waals surface area (Å²) in [6.07, 6.45) is 4.89. The van der Waals surface area contributed by atoms with Gasteiger partial charge < -0.3 is 15.0 Å². The lowest BCUT2D eigenvalue weighted by Crippen LogP contribution is -2.29. The number of piperidine rings is 1. The van der Waals surface area contributed by atoms with E-state index in [1.54, 1.807) is 31.2 Å². The molecule has 1 aliphatic heterocycles. The monoisotopic (exact) mass is 481 g/mol. The molecule has 1 fully saturated rings. The Morgan fingerprint density at radius 2 is 1.91 bits per heavy atom. The highest BCUT2D eigenvalue weighted by atomic mass is 32.1. The maximum Gasteiger partial charge on any atom is 0.352 e. The predicted octanol–water partition coefficient (Wildman–Crippen LogP) is 2.31. The van der Waals surface area contributed by atoms with Crippen LogP contribution in [-0.2, 0) is 16.1 Å². The third-order valence-corrected chi connectivity index (χ3v) is 6.67. The van der Waals surface area contributed by atoms with Crippen LogP contribution in [0.3, 0.4) is 0 Å². The van der Waals surface area contributed by atoms with Gasteiger partial charge in [0.05, 0.1) is 12.2 Å². The first-order valence-electron chi connectivity index (χ1n) is 11.1. The molecular weight excluding hydrogens is 458 g/mol. The summed E-state index contributed by atoms with van der Waals surface area (Å²) >= 11 is 1.46. The topological polar surface area (TPSA) is 124 Å². The number of benzene rings is 1. The molecule has 4 aromatic rings. The fourth-order valence-corrected chi connectivity index (χ4v) is 4.94. The maximum atomic E-state index is 12.8. The Hall–Kier alpha value is -3.80. The van der Waals surface area contributed by atoms with E-state index in [2.05, 4.69) is 25.3 Å². The number of rotatable bonds is 6. The average Bonchev–Trinajstić information content (AvgIpc) is 3.42. The number of anilines is 2. The smallest absolute Gasteiger partial charge is 0.352 e. The van der Waals surface area contributed by atoms with Crippen molar-refractivity contribution in [1.29, 1.82) is 0 Å². The molecule has 4 heterocycles. The highest BCUT2D eigenvalue weighted by Gasteiger charge is 2.20. The minimum absolute atomic E-state index is 0.264. The van der Waals surface area contributed by atoms with Crippen molar-refractivity contribution >= 4 is 50.0 Å². The molecule has 1 amide bonds. The van der Waals surface area contributed by atoms with Crippen molar-refractivity contribution in [1.82, 2.24) is 24.1 Å². The van der Waals surface area contributed by atoms with Crippen molar-refractivity contribution in [2.75, 3.05) is 29.9 Å². The molecule has 0 bridgehead atoms. The average molecular weight is 482 g/mol. The second-order valence-corrected chi connectivity index (χ2v) is 8.90. The molecule has 1 N–H and O–H groups in total. The summed E-state index contributed by atoms with van der Waals surface area (Å²) in [5.41, 5.74) is 1.41.